The Morgan fingerprint density at radius 1 is 0.966 bits per heavy atom. The van der Waals surface area contributed by atoms with E-state index in [1.54, 1.807) is 24.3 Å². The van der Waals surface area contributed by atoms with E-state index in [1.165, 1.54) is 17.5 Å². The number of amides is 1. The molecule has 0 bridgehead atoms. The van der Waals surface area contributed by atoms with E-state index in [-0.39, 0.29) is 10.8 Å². The molecule has 3 aromatic rings. The molecule has 4 rings (SSSR count). The number of anilines is 1. The van der Waals surface area contributed by atoms with Crippen LogP contribution in [0.4, 0.5) is 5.69 Å². The first kappa shape index (κ1) is 19.4. The molecule has 1 saturated heterocycles. The maximum absolute atomic E-state index is 12.9. The zero-order chi connectivity index (χ0) is 20.4. The summed E-state index contributed by atoms with van der Waals surface area (Å²) in [6.07, 6.45) is 1.74. The average Bonchev–Trinajstić information content (AvgIpc) is 3.29. The third-order valence-electron chi connectivity index (χ3n) is 5.11. The predicted octanol–water partition coefficient (Wildman–Crippen LogP) is 3.89. The number of carbonyl (C=O) groups excluding carboxylic acids is 1. The predicted molar refractivity (Wildman–Crippen MR) is 113 cm³/mol. The fourth-order valence-electron chi connectivity index (χ4n) is 3.58. The molecular weight excluding hydrogens is 388 g/mol. The fraction of sp³-hybridized carbons (Fsp3) is 0.227. The van der Waals surface area contributed by atoms with Crippen molar-refractivity contribution in [2.45, 2.75) is 17.7 Å². The molecule has 0 atom stereocenters. The van der Waals surface area contributed by atoms with E-state index in [9.17, 15) is 13.2 Å². The van der Waals surface area contributed by atoms with Crippen molar-refractivity contribution in [2.75, 3.05) is 25.5 Å². The van der Waals surface area contributed by atoms with Gasteiger partial charge in [-0.1, -0.05) is 30.3 Å². The molecule has 6 nitrogen and oxygen atoms in total. The van der Waals surface area contributed by atoms with Gasteiger partial charge in [0.1, 0.15) is 5.75 Å². The first-order valence-corrected chi connectivity index (χ1v) is 10.9. The van der Waals surface area contributed by atoms with Gasteiger partial charge in [0, 0.05) is 18.8 Å². The minimum Gasteiger partial charge on any atom is -0.496 e. The molecule has 1 aliphatic rings. The van der Waals surface area contributed by atoms with E-state index >= 15 is 0 Å². The Kier molecular flexibility index (Phi) is 5.25. The molecular formula is C22H22N2O4S. The highest BCUT2D eigenvalue weighted by Crippen LogP contribution is 2.28. The van der Waals surface area contributed by atoms with E-state index in [4.69, 9.17) is 4.74 Å². The first-order chi connectivity index (χ1) is 14.0. The van der Waals surface area contributed by atoms with E-state index in [1.807, 2.05) is 30.3 Å². The smallest absolute Gasteiger partial charge is 0.259 e. The van der Waals surface area contributed by atoms with Gasteiger partial charge in [-0.3, -0.25) is 4.79 Å². The van der Waals surface area contributed by atoms with Gasteiger partial charge in [-0.2, -0.15) is 4.31 Å². The van der Waals surface area contributed by atoms with E-state index in [0.717, 1.165) is 23.6 Å². The van der Waals surface area contributed by atoms with Crippen LogP contribution < -0.4 is 10.1 Å². The molecule has 7 heteroatoms. The standard InChI is InChI=1S/C22H22N2O4S/c1-28-21-14-17-8-3-2-7-16(17)13-20(21)22(25)23-18-9-6-10-19(15-18)29(26,27)24-11-4-5-12-24/h2-3,6-10,13-15H,4-5,11-12H2,1H3,(H,23,25). The Morgan fingerprint density at radius 2 is 1.66 bits per heavy atom. The Hall–Kier alpha value is -2.90. The molecule has 1 fully saturated rings. The summed E-state index contributed by atoms with van der Waals surface area (Å²) in [5, 5.41) is 4.69. The second-order valence-corrected chi connectivity index (χ2v) is 8.93. The number of sulfonamides is 1. The molecule has 0 unspecified atom stereocenters. The number of hydrogen-bond acceptors (Lipinski definition) is 4. The van der Waals surface area contributed by atoms with Gasteiger partial charge in [0.25, 0.3) is 5.91 Å². The molecule has 150 valence electrons. The number of methoxy groups -OCH3 is 1. The van der Waals surface area contributed by atoms with Gasteiger partial charge >= 0.3 is 0 Å². The van der Waals surface area contributed by atoms with Crippen LogP contribution in [0, 0.1) is 0 Å². The Bertz CT molecular complexity index is 1170. The minimum absolute atomic E-state index is 0.183. The summed E-state index contributed by atoms with van der Waals surface area (Å²) >= 11 is 0. The summed E-state index contributed by atoms with van der Waals surface area (Å²) in [5.41, 5.74) is 0.810. The van der Waals surface area contributed by atoms with Crippen LogP contribution in [0.15, 0.2) is 65.6 Å². The zero-order valence-corrected chi connectivity index (χ0v) is 16.9. The zero-order valence-electron chi connectivity index (χ0n) is 16.1. The number of carbonyl (C=O) groups is 1. The third kappa shape index (κ3) is 3.83. The Morgan fingerprint density at radius 3 is 2.34 bits per heavy atom. The summed E-state index contributed by atoms with van der Waals surface area (Å²) in [5.74, 6) is 0.102. The average molecular weight is 410 g/mol. The second kappa shape index (κ2) is 7.85. The SMILES string of the molecule is COc1cc2ccccc2cc1C(=O)Nc1cccc(S(=O)(=O)N2CCCC2)c1. The molecule has 1 aliphatic heterocycles. The molecule has 0 aliphatic carbocycles. The number of nitrogens with one attached hydrogen (secondary N) is 1. The molecule has 29 heavy (non-hydrogen) atoms. The molecule has 0 radical (unpaired) electrons. The monoisotopic (exact) mass is 410 g/mol. The van der Waals surface area contributed by atoms with Gasteiger partial charge in [0.15, 0.2) is 0 Å². The quantitative estimate of drug-likeness (QED) is 0.693. The van der Waals surface area contributed by atoms with Crippen molar-refractivity contribution < 1.29 is 17.9 Å². The minimum atomic E-state index is -3.55. The molecule has 1 N–H and O–H groups in total. The lowest BCUT2D eigenvalue weighted by atomic mass is 10.1. The Labute approximate surface area is 170 Å². The molecule has 3 aromatic carbocycles. The first-order valence-electron chi connectivity index (χ1n) is 9.47. The van der Waals surface area contributed by atoms with Crippen LogP contribution in [-0.4, -0.2) is 38.8 Å². The van der Waals surface area contributed by atoms with Crippen molar-refractivity contribution in [3.05, 3.63) is 66.2 Å². The van der Waals surface area contributed by atoms with Crippen molar-refractivity contribution in [3.63, 3.8) is 0 Å². The van der Waals surface area contributed by atoms with Gasteiger partial charge in [-0.15, -0.1) is 0 Å². The third-order valence-corrected chi connectivity index (χ3v) is 7.00. The summed E-state index contributed by atoms with van der Waals surface area (Å²) in [6.45, 7) is 1.07. The van der Waals surface area contributed by atoms with Crippen molar-refractivity contribution in [1.29, 1.82) is 0 Å². The highest BCUT2D eigenvalue weighted by atomic mass is 32.2. The van der Waals surface area contributed by atoms with E-state index in [2.05, 4.69) is 5.32 Å². The van der Waals surface area contributed by atoms with Gasteiger partial charge in [-0.25, -0.2) is 8.42 Å². The summed E-state index contributed by atoms with van der Waals surface area (Å²) in [4.78, 5) is 13.1. The lowest BCUT2D eigenvalue weighted by molar-refractivity contribution is 0.102. The summed E-state index contributed by atoms with van der Waals surface area (Å²) in [7, 11) is -2.03. The number of rotatable bonds is 5. The number of nitrogens with zero attached hydrogens (tertiary/aromatic N) is 1. The van der Waals surface area contributed by atoms with E-state index < -0.39 is 10.0 Å². The van der Waals surface area contributed by atoms with Gasteiger partial charge in [0.05, 0.1) is 17.6 Å². The second-order valence-electron chi connectivity index (χ2n) is 6.99. The van der Waals surface area contributed by atoms with Crippen molar-refractivity contribution in [2.24, 2.45) is 0 Å². The van der Waals surface area contributed by atoms with Crippen LogP contribution in [-0.2, 0) is 10.0 Å². The largest absolute Gasteiger partial charge is 0.496 e. The molecule has 1 amide bonds. The van der Waals surface area contributed by atoms with Gasteiger partial charge < -0.3 is 10.1 Å². The van der Waals surface area contributed by atoms with Crippen LogP contribution in [0.1, 0.15) is 23.2 Å². The highest BCUT2D eigenvalue weighted by Gasteiger charge is 2.27. The van der Waals surface area contributed by atoms with Crippen LogP contribution in [0.25, 0.3) is 10.8 Å². The van der Waals surface area contributed by atoms with Crippen molar-refractivity contribution in [1.82, 2.24) is 4.31 Å². The molecule has 0 spiro atoms. The highest BCUT2D eigenvalue weighted by molar-refractivity contribution is 7.89. The maximum atomic E-state index is 12.9. The fourth-order valence-corrected chi connectivity index (χ4v) is 5.14. The van der Waals surface area contributed by atoms with E-state index in [0.29, 0.717) is 30.1 Å². The lowest BCUT2D eigenvalue weighted by Gasteiger charge is -2.16. The molecule has 0 aromatic heterocycles. The van der Waals surface area contributed by atoms with Crippen LogP contribution in [0.3, 0.4) is 0 Å². The van der Waals surface area contributed by atoms with Gasteiger partial charge in [0.2, 0.25) is 10.0 Å². The number of fused-ring (bicyclic) bond motifs is 1. The van der Waals surface area contributed by atoms with Crippen LogP contribution in [0.2, 0.25) is 0 Å². The maximum Gasteiger partial charge on any atom is 0.259 e. The molecule has 0 saturated carbocycles. The number of hydrogen-bond donors (Lipinski definition) is 1. The van der Waals surface area contributed by atoms with Crippen LogP contribution >= 0.6 is 0 Å². The lowest BCUT2D eigenvalue weighted by Crippen LogP contribution is -2.27. The Balaban J connectivity index is 1.63. The number of benzene rings is 3. The van der Waals surface area contributed by atoms with Crippen molar-refractivity contribution in [3.8, 4) is 5.75 Å². The summed E-state index contributed by atoms with van der Waals surface area (Å²) in [6, 6.07) is 17.7. The van der Waals surface area contributed by atoms with Gasteiger partial charge in [-0.05, 0) is 53.9 Å². The normalized spacial score (nSPS) is 14.8. The summed E-state index contributed by atoms with van der Waals surface area (Å²) < 4.78 is 32.4. The topological polar surface area (TPSA) is 75.7 Å². The van der Waals surface area contributed by atoms with Crippen molar-refractivity contribution >= 4 is 32.4 Å². The van der Waals surface area contributed by atoms with Crippen LogP contribution in [0.5, 0.6) is 5.75 Å². The molecule has 1 heterocycles. The number of ether oxygens (including phenoxy) is 1.